The molecule has 0 radical (unpaired) electrons. The van der Waals surface area contributed by atoms with Crippen LogP contribution in [0.5, 0.6) is 11.5 Å². The quantitative estimate of drug-likeness (QED) is 0.378. The van der Waals surface area contributed by atoms with Gasteiger partial charge in [0.2, 0.25) is 5.43 Å². The summed E-state index contributed by atoms with van der Waals surface area (Å²) in [5, 5.41) is 16.9. The fraction of sp³-hybridized carbons (Fsp3) is 0.292. The van der Waals surface area contributed by atoms with Gasteiger partial charge in [0.15, 0.2) is 11.5 Å². The van der Waals surface area contributed by atoms with Gasteiger partial charge >= 0.3 is 0 Å². The van der Waals surface area contributed by atoms with Crippen LogP contribution in [-0.4, -0.2) is 55.1 Å². The Kier molecular flexibility index (Phi) is 6.78. The van der Waals surface area contributed by atoms with Crippen LogP contribution >= 0.6 is 0 Å². The first-order valence-corrected chi connectivity index (χ1v) is 11.0. The van der Waals surface area contributed by atoms with Crippen molar-refractivity contribution in [2.75, 3.05) is 38.2 Å². The molecule has 34 heavy (non-hydrogen) atoms. The van der Waals surface area contributed by atoms with Crippen LogP contribution in [0.15, 0.2) is 46.4 Å². The molecule has 1 aliphatic rings. The molecule has 1 fully saturated rings. The van der Waals surface area contributed by atoms with Crippen molar-refractivity contribution in [3.05, 3.63) is 63.7 Å². The van der Waals surface area contributed by atoms with Gasteiger partial charge in [-0.15, -0.1) is 0 Å². The maximum Gasteiger partial charge on any atom is 0.276 e. The van der Waals surface area contributed by atoms with E-state index in [1.54, 1.807) is 22.8 Å². The fourth-order valence-corrected chi connectivity index (χ4v) is 3.97. The number of aromatic nitrogens is 1. The van der Waals surface area contributed by atoms with Crippen molar-refractivity contribution < 1.29 is 19.0 Å². The fourth-order valence-electron chi connectivity index (χ4n) is 3.97. The van der Waals surface area contributed by atoms with Crippen molar-refractivity contribution in [2.24, 2.45) is 5.10 Å². The van der Waals surface area contributed by atoms with Crippen molar-refractivity contribution >= 4 is 28.7 Å². The standard InChI is InChI=1S/C24H26FN5O4/c1-3-29-14-17(24(33)28-27-13-15-4-5-21(31)22(10-15)34-2)23(32)16-11-18(25)20(12-19(16)29)30-8-6-26-7-9-30/h4-5,10-14,26,31H,3,6-9H2,1-2H3,(H,28,33)/b27-13+. The number of benzene rings is 2. The number of aromatic hydroxyl groups is 1. The molecule has 2 aromatic carbocycles. The number of methoxy groups -OCH3 is 1. The van der Waals surface area contributed by atoms with Gasteiger partial charge in [-0.3, -0.25) is 9.59 Å². The van der Waals surface area contributed by atoms with E-state index >= 15 is 0 Å². The second-order valence-electron chi connectivity index (χ2n) is 7.85. The van der Waals surface area contributed by atoms with E-state index in [9.17, 15) is 19.1 Å². The summed E-state index contributed by atoms with van der Waals surface area (Å²) in [6.07, 6.45) is 2.83. The number of ether oxygens (including phenoxy) is 1. The van der Waals surface area contributed by atoms with Crippen molar-refractivity contribution in [3.63, 3.8) is 0 Å². The first-order valence-electron chi connectivity index (χ1n) is 11.0. The van der Waals surface area contributed by atoms with E-state index in [0.29, 0.717) is 36.4 Å². The molecule has 3 N–H and O–H groups in total. The van der Waals surface area contributed by atoms with Crippen molar-refractivity contribution in [1.82, 2.24) is 15.3 Å². The van der Waals surface area contributed by atoms with E-state index in [0.717, 1.165) is 13.1 Å². The summed E-state index contributed by atoms with van der Waals surface area (Å²) >= 11 is 0. The highest BCUT2D eigenvalue weighted by Crippen LogP contribution is 2.26. The lowest BCUT2D eigenvalue weighted by molar-refractivity contribution is 0.0953. The molecule has 0 aliphatic carbocycles. The number of pyridine rings is 1. The SMILES string of the molecule is CCn1cc(C(=O)N/N=C/c2ccc(O)c(OC)c2)c(=O)c2cc(F)c(N3CCNCC3)cc21. The Morgan fingerprint density at radius 2 is 2.06 bits per heavy atom. The number of carbonyl (C=O) groups excluding carboxylic acids is 1. The van der Waals surface area contributed by atoms with E-state index in [2.05, 4.69) is 15.8 Å². The van der Waals surface area contributed by atoms with E-state index in [1.165, 1.54) is 31.7 Å². The second-order valence-corrected chi connectivity index (χ2v) is 7.85. The number of hydrogen-bond acceptors (Lipinski definition) is 7. The number of fused-ring (bicyclic) bond motifs is 1. The van der Waals surface area contributed by atoms with E-state index in [1.807, 2.05) is 11.8 Å². The Balaban J connectivity index is 1.64. The van der Waals surface area contributed by atoms with Gasteiger partial charge in [-0.2, -0.15) is 5.10 Å². The molecule has 9 nitrogen and oxygen atoms in total. The predicted molar refractivity (Wildman–Crippen MR) is 129 cm³/mol. The number of phenolic OH excluding ortho intramolecular Hbond substituents is 1. The molecular formula is C24H26FN5O4. The minimum atomic E-state index is -0.706. The molecule has 1 aromatic heterocycles. The zero-order chi connectivity index (χ0) is 24.2. The number of aryl methyl sites for hydroxylation is 1. The van der Waals surface area contributed by atoms with Gasteiger partial charge in [0.05, 0.1) is 24.5 Å². The van der Waals surface area contributed by atoms with Crippen molar-refractivity contribution in [3.8, 4) is 11.5 Å². The molecule has 10 heteroatoms. The third-order valence-corrected chi connectivity index (χ3v) is 5.78. The number of piperazine rings is 1. The zero-order valence-corrected chi connectivity index (χ0v) is 19.0. The van der Waals surface area contributed by atoms with E-state index in [-0.39, 0.29) is 22.4 Å². The number of nitrogens with one attached hydrogen (secondary N) is 2. The highest BCUT2D eigenvalue weighted by atomic mass is 19.1. The summed E-state index contributed by atoms with van der Waals surface area (Å²) < 4.78 is 21.8. The number of rotatable bonds is 6. The number of hydrogen-bond donors (Lipinski definition) is 3. The third-order valence-electron chi connectivity index (χ3n) is 5.78. The highest BCUT2D eigenvalue weighted by Gasteiger charge is 2.20. The second kappa shape index (κ2) is 9.92. The summed E-state index contributed by atoms with van der Waals surface area (Å²) in [6.45, 7) is 5.23. The number of phenols is 1. The highest BCUT2D eigenvalue weighted by molar-refractivity contribution is 5.98. The molecule has 178 valence electrons. The smallest absolute Gasteiger partial charge is 0.276 e. The molecule has 2 heterocycles. The molecule has 4 rings (SSSR count). The average molecular weight is 468 g/mol. The summed E-state index contributed by atoms with van der Waals surface area (Å²) in [7, 11) is 1.42. The molecule has 1 amide bonds. The van der Waals surface area contributed by atoms with Crippen LogP contribution < -0.4 is 25.8 Å². The minimum Gasteiger partial charge on any atom is -0.504 e. The van der Waals surface area contributed by atoms with Gasteiger partial charge < -0.3 is 24.6 Å². The van der Waals surface area contributed by atoms with Crippen LogP contribution in [0.25, 0.3) is 10.9 Å². The molecule has 0 unspecified atom stereocenters. The summed E-state index contributed by atoms with van der Waals surface area (Å²) in [6, 6.07) is 7.47. The molecule has 3 aromatic rings. The topological polar surface area (TPSA) is 108 Å². The average Bonchev–Trinajstić information content (AvgIpc) is 2.85. The largest absolute Gasteiger partial charge is 0.504 e. The van der Waals surface area contributed by atoms with Crippen molar-refractivity contribution in [2.45, 2.75) is 13.5 Å². The molecule has 0 bridgehead atoms. The van der Waals surface area contributed by atoms with Gasteiger partial charge in [-0.05, 0) is 42.8 Å². The first kappa shape index (κ1) is 23.2. The van der Waals surface area contributed by atoms with Crippen LogP contribution in [0.1, 0.15) is 22.8 Å². The number of nitrogens with zero attached hydrogens (tertiary/aromatic N) is 3. The van der Waals surface area contributed by atoms with Gasteiger partial charge in [-0.25, -0.2) is 9.82 Å². The number of anilines is 1. The van der Waals surface area contributed by atoms with Gasteiger partial charge in [0.1, 0.15) is 11.4 Å². The van der Waals surface area contributed by atoms with Crippen LogP contribution in [0.2, 0.25) is 0 Å². The van der Waals surface area contributed by atoms with Gasteiger partial charge in [-0.1, -0.05) is 0 Å². The van der Waals surface area contributed by atoms with Crippen LogP contribution in [0, 0.1) is 5.82 Å². The minimum absolute atomic E-state index is 0.0210. The van der Waals surface area contributed by atoms with E-state index in [4.69, 9.17) is 4.74 Å². The van der Waals surface area contributed by atoms with Gasteiger partial charge in [0.25, 0.3) is 5.91 Å². The predicted octanol–water partition coefficient (Wildman–Crippen LogP) is 2.05. The molecule has 0 atom stereocenters. The van der Waals surface area contributed by atoms with Crippen LogP contribution in [-0.2, 0) is 6.54 Å². The lowest BCUT2D eigenvalue weighted by Gasteiger charge is -2.30. The number of hydrazone groups is 1. The molecule has 1 aliphatic heterocycles. The molecule has 1 saturated heterocycles. The van der Waals surface area contributed by atoms with Crippen LogP contribution in [0.4, 0.5) is 10.1 Å². The first-order chi connectivity index (χ1) is 16.4. The molecule has 0 saturated carbocycles. The Hall–Kier alpha value is -3.92. The number of amides is 1. The number of carbonyl (C=O) groups is 1. The zero-order valence-electron chi connectivity index (χ0n) is 19.0. The normalized spacial score (nSPS) is 14.0. The lowest BCUT2D eigenvalue weighted by atomic mass is 10.1. The maximum absolute atomic E-state index is 15.0. The summed E-state index contributed by atoms with van der Waals surface area (Å²) in [5.74, 6) is -0.959. The maximum atomic E-state index is 15.0. The summed E-state index contributed by atoms with van der Waals surface area (Å²) in [5.41, 5.74) is 3.22. The van der Waals surface area contributed by atoms with Crippen LogP contribution in [0.3, 0.4) is 0 Å². The lowest BCUT2D eigenvalue weighted by Crippen LogP contribution is -2.43. The third kappa shape index (κ3) is 4.58. The van der Waals surface area contributed by atoms with Crippen molar-refractivity contribution in [1.29, 1.82) is 0 Å². The Bertz CT molecular complexity index is 1310. The summed E-state index contributed by atoms with van der Waals surface area (Å²) in [4.78, 5) is 27.8. The molecular weight excluding hydrogens is 441 g/mol. The number of halogens is 1. The Morgan fingerprint density at radius 3 is 2.76 bits per heavy atom. The monoisotopic (exact) mass is 467 g/mol. The Labute approximate surface area is 195 Å². The molecule has 0 spiro atoms. The Morgan fingerprint density at radius 1 is 1.29 bits per heavy atom. The van der Waals surface area contributed by atoms with E-state index < -0.39 is 17.2 Å². The van der Waals surface area contributed by atoms with Gasteiger partial charge in [0, 0.05) is 44.3 Å².